The topological polar surface area (TPSA) is 26.3 Å². The Hall–Kier alpha value is -1.66. The van der Waals surface area contributed by atoms with E-state index in [1.807, 2.05) is 0 Å². The summed E-state index contributed by atoms with van der Waals surface area (Å²) in [5.41, 5.74) is -0.443. The van der Waals surface area contributed by atoms with Gasteiger partial charge in [-0.05, 0) is 12.1 Å². The van der Waals surface area contributed by atoms with Crippen LogP contribution >= 0.6 is 0 Å². The Morgan fingerprint density at radius 2 is 1.94 bits per heavy atom. The highest BCUT2D eigenvalue weighted by Gasteiger charge is 2.44. The highest BCUT2D eigenvalue weighted by molar-refractivity contribution is 5.79. The van der Waals surface area contributed by atoms with Crippen molar-refractivity contribution in [2.45, 2.75) is 12.5 Å². The number of hydrogen-bond donors (Lipinski definition) is 0. The number of halogens is 5. The first-order valence-corrected chi connectivity index (χ1v) is 3.96. The Morgan fingerprint density at radius 1 is 1.31 bits per heavy atom. The van der Waals surface area contributed by atoms with Crippen molar-refractivity contribution < 1.29 is 31.5 Å². The average Bonchev–Trinajstić information content (AvgIpc) is 2.17. The maximum absolute atomic E-state index is 12.6. The van der Waals surface area contributed by atoms with Crippen molar-refractivity contribution in [1.82, 2.24) is 0 Å². The first-order chi connectivity index (χ1) is 7.36. The van der Waals surface area contributed by atoms with Gasteiger partial charge in [-0.25, -0.2) is 4.39 Å². The first-order valence-electron chi connectivity index (χ1n) is 3.96. The molecule has 1 rings (SSSR count). The summed E-state index contributed by atoms with van der Waals surface area (Å²) >= 11 is 0. The van der Waals surface area contributed by atoms with Crippen LogP contribution in [-0.4, -0.2) is 18.8 Å². The van der Waals surface area contributed by atoms with E-state index in [2.05, 4.69) is 4.74 Å². The number of aldehydes is 1. The normalized spacial score (nSPS) is 11.6. The van der Waals surface area contributed by atoms with E-state index in [0.717, 1.165) is 12.1 Å². The minimum atomic E-state index is -4.77. The van der Waals surface area contributed by atoms with Crippen molar-refractivity contribution in [2.75, 3.05) is 0 Å². The van der Waals surface area contributed by atoms with E-state index in [0.29, 0.717) is 6.07 Å². The van der Waals surface area contributed by atoms with Gasteiger partial charge in [0.1, 0.15) is 11.6 Å². The van der Waals surface area contributed by atoms with Crippen LogP contribution in [0.5, 0.6) is 5.75 Å². The highest BCUT2D eigenvalue weighted by atomic mass is 19.3. The molecule has 1 aromatic rings. The van der Waals surface area contributed by atoms with Gasteiger partial charge < -0.3 is 4.74 Å². The number of hydrogen-bond acceptors (Lipinski definition) is 2. The summed E-state index contributed by atoms with van der Waals surface area (Å²) in [6, 6.07) is 2.09. The predicted octanol–water partition coefficient (Wildman–Crippen LogP) is 2.87. The largest absolute Gasteiger partial charge is 0.461 e. The van der Waals surface area contributed by atoms with Gasteiger partial charge in [0, 0.05) is 6.07 Å². The lowest BCUT2D eigenvalue weighted by atomic mass is 10.2. The van der Waals surface area contributed by atoms with Crippen LogP contribution in [0.15, 0.2) is 18.2 Å². The molecular weight excluding hydrogens is 235 g/mol. The fourth-order valence-electron chi connectivity index (χ4n) is 0.885. The minimum Gasteiger partial charge on any atom is -0.427 e. The van der Waals surface area contributed by atoms with E-state index in [1.165, 1.54) is 0 Å². The summed E-state index contributed by atoms with van der Waals surface area (Å²) in [5, 5.41) is 0. The fraction of sp³-hybridized carbons (Fsp3) is 0.222. The van der Waals surface area contributed by atoms with Gasteiger partial charge in [0.25, 0.3) is 0 Å². The van der Waals surface area contributed by atoms with Crippen LogP contribution < -0.4 is 4.74 Å². The van der Waals surface area contributed by atoms with Crippen molar-refractivity contribution in [3.8, 4) is 5.75 Å². The standard InChI is InChI=1S/C9H5F5O2/c10-6-2-1-5(4-15)7(3-6)16-9(13,14)8(11)12/h1-4,8H. The summed E-state index contributed by atoms with van der Waals surface area (Å²) in [6.07, 6.45) is -8.75. The SMILES string of the molecule is O=Cc1ccc(F)cc1OC(F)(F)C(F)F. The van der Waals surface area contributed by atoms with Crippen LogP contribution in [0, 0.1) is 5.82 Å². The lowest BCUT2D eigenvalue weighted by Gasteiger charge is -2.17. The van der Waals surface area contributed by atoms with Crippen molar-refractivity contribution in [1.29, 1.82) is 0 Å². The van der Waals surface area contributed by atoms with Crippen LogP contribution in [0.2, 0.25) is 0 Å². The molecule has 2 nitrogen and oxygen atoms in total. The van der Waals surface area contributed by atoms with E-state index in [9.17, 15) is 26.7 Å². The summed E-state index contributed by atoms with van der Waals surface area (Å²) in [6.45, 7) is 0. The molecule has 0 bridgehead atoms. The number of carbonyl (C=O) groups excluding carboxylic acids is 1. The van der Waals surface area contributed by atoms with Crippen LogP contribution in [0.3, 0.4) is 0 Å². The van der Waals surface area contributed by atoms with Gasteiger partial charge in [0.15, 0.2) is 6.29 Å². The molecular formula is C9H5F5O2. The zero-order valence-corrected chi connectivity index (χ0v) is 7.59. The first kappa shape index (κ1) is 12.4. The molecule has 0 unspecified atom stereocenters. The smallest absolute Gasteiger partial charge is 0.427 e. The van der Waals surface area contributed by atoms with E-state index < -0.39 is 29.7 Å². The van der Waals surface area contributed by atoms with Gasteiger partial charge in [-0.3, -0.25) is 4.79 Å². The Balaban J connectivity index is 3.04. The Bertz CT molecular complexity index is 391. The van der Waals surface area contributed by atoms with E-state index >= 15 is 0 Å². The quantitative estimate of drug-likeness (QED) is 0.597. The van der Waals surface area contributed by atoms with Crippen LogP contribution in [-0.2, 0) is 0 Å². The van der Waals surface area contributed by atoms with Gasteiger partial charge in [-0.1, -0.05) is 0 Å². The fourth-order valence-corrected chi connectivity index (χ4v) is 0.885. The molecule has 0 fully saturated rings. The number of carbonyl (C=O) groups is 1. The molecule has 1 aromatic carbocycles. The van der Waals surface area contributed by atoms with Gasteiger partial charge in [-0.15, -0.1) is 0 Å². The highest BCUT2D eigenvalue weighted by Crippen LogP contribution is 2.29. The van der Waals surface area contributed by atoms with Gasteiger partial charge >= 0.3 is 12.5 Å². The van der Waals surface area contributed by atoms with Gasteiger partial charge in [-0.2, -0.15) is 17.6 Å². The third kappa shape index (κ3) is 2.68. The summed E-state index contributed by atoms with van der Waals surface area (Å²) in [5.74, 6) is -1.91. The van der Waals surface area contributed by atoms with Crippen LogP contribution in [0.1, 0.15) is 10.4 Å². The number of benzene rings is 1. The number of rotatable bonds is 4. The molecule has 0 aromatic heterocycles. The Labute approximate surface area is 86.6 Å². The van der Waals surface area contributed by atoms with Crippen molar-refractivity contribution >= 4 is 6.29 Å². The zero-order valence-electron chi connectivity index (χ0n) is 7.59. The Morgan fingerprint density at radius 3 is 2.44 bits per heavy atom. The van der Waals surface area contributed by atoms with Gasteiger partial charge in [0.05, 0.1) is 5.56 Å². The van der Waals surface area contributed by atoms with Crippen LogP contribution in [0.4, 0.5) is 22.0 Å². The van der Waals surface area contributed by atoms with Crippen molar-refractivity contribution in [3.63, 3.8) is 0 Å². The molecule has 16 heavy (non-hydrogen) atoms. The second kappa shape index (κ2) is 4.46. The number of ether oxygens (including phenoxy) is 1. The zero-order chi connectivity index (χ0) is 12.3. The van der Waals surface area contributed by atoms with Crippen LogP contribution in [0.25, 0.3) is 0 Å². The predicted molar refractivity (Wildman–Crippen MR) is 43.4 cm³/mol. The molecule has 0 aliphatic rings. The Kier molecular flexibility index (Phi) is 3.46. The molecule has 0 spiro atoms. The summed E-state index contributed by atoms with van der Waals surface area (Å²) < 4.78 is 64.7. The second-order valence-electron chi connectivity index (χ2n) is 2.76. The third-order valence-corrected chi connectivity index (χ3v) is 1.60. The maximum Gasteiger partial charge on any atom is 0.461 e. The van der Waals surface area contributed by atoms with Crippen molar-refractivity contribution in [2.24, 2.45) is 0 Å². The van der Waals surface area contributed by atoms with E-state index in [-0.39, 0.29) is 6.29 Å². The second-order valence-corrected chi connectivity index (χ2v) is 2.76. The molecule has 0 aliphatic heterocycles. The third-order valence-electron chi connectivity index (χ3n) is 1.60. The molecule has 0 atom stereocenters. The summed E-state index contributed by atoms with van der Waals surface area (Å²) in [4.78, 5) is 10.4. The number of alkyl halides is 4. The van der Waals surface area contributed by atoms with Gasteiger partial charge in [0.2, 0.25) is 0 Å². The molecule has 88 valence electrons. The lowest BCUT2D eigenvalue weighted by Crippen LogP contribution is -2.33. The molecule has 0 saturated carbocycles. The molecule has 0 amide bonds. The molecule has 0 N–H and O–H groups in total. The maximum atomic E-state index is 12.6. The lowest BCUT2D eigenvalue weighted by molar-refractivity contribution is -0.253. The van der Waals surface area contributed by atoms with E-state index in [4.69, 9.17) is 0 Å². The van der Waals surface area contributed by atoms with E-state index in [1.54, 1.807) is 0 Å². The molecule has 0 saturated heterocycles. The monoisotopic (exact) mass is 240 g/mol. The molecule has 7 heteroatoms. The molecule has 0 radical (unpaired) electrons. The average molecular weight is 240 g/mol. The minimum absolute atomic E-state index is 0.0936. The summed E-state index contributed by atoms with van der Waals surface area (Å²) in [7, 11) is 0. The molecule has 0 aliphatic carbocycles. The molecule has 0 heterocycles. The van der Waals surface area contributed by atoms with Crippen molar-refractivity contribution in [3.05, 3.63) is 29.6 Å².